The maximum atomic E-state index is 11.6. The number of hydrogen-bond donors (Lipinski definition) is 2. The van der Waals surface area contributed by atoms with Gasteiger partial charge in [-0.3, -0.25) is 9.82 Å². The highest BCUT2D eigenvalue weighted by atomic mass is 79.9. The van der Waals surface area contributed by atoms with E-state index in [1.165, 1.54) is 29.8 Å². The number of rotatable bonds is 3. The van der Waals surface area contributed by atoms with Crippen molar-refractivity contribution in [1.82, 2.24) is 15.2 Å². The third-order valence-corrected chi connectivity index (χ3v) is 4.25. The van der Waals surface area contributed by atoms with Gasteiger partial charge in [-0.2, -0.15) is 13.5 Å². The maximum absolute atomic E-state index is 11.6. The van der Waals surface area contributed by atoms with Crippen LogP contribution in [0.4, 0.5) is 5.13 Å². The molecule has 0 spiro atoms. The van der Waals surface area contributed by atoms with Crippen LogP contribution in [0.5, 0.6) is 0 Å². The SMILES string of the molecule is O=S(=O)(Nc1ncc(Br)s1)c1ccn[nH]1. The summed E-state index contributed by atoms with van der Waals surface area (Å²) in [6, 6.07) is 1.37. The second-order valence-electron chi connectivity index (χ2n) is 2.50. The molecule has 0 saturated heterocycles. The van der Waals surface area contributed by atoms with E-state index in [4.69, 9.17) is 0 Å². The van der Waals surface area contributed by atoms with Crippen LogP contribution in [0, 0.1) is 0 Å². The van der Waals surface area contributed by atoms with Crippen LogP contribution in [0.2, 0.25) is 0 Å². The van der Waals surface area contributed by atoms with Crippen molar-refractivity contribution in [1.29, 1.82) is 0 Å². The molecule has 2 aromatic rings. The summed E-state index contributed by atoms with van der Waals surface area (Å²) in [6.07, 6.45) is 2.89. The van der Waals surface area contributed by atoms with Crippen LogP contribution in [0.15, 0.2) is 27.3 Å². The molecule has 0 bridgehead atoms. The number of anilines is 1. The molecule has 0 aliphatic rings. The van der Waals surface area contributed by atoms with E-state index in [1.807, 2.05) is 0 Å². The third-order valence-electron chi connectivity index (χ3n) is 1.46. The van der Waals surface area contributed by atoms with E-state index in [1.54, 1.807) is 0 Å². The number of H-pyrrole nitrogens is 1. The number of aromatic nitrogens is 3. The number of nitrogens with one attached hydrogen (secondary N) is 2. The summed E-state index contributed by atoms with van der Waals surface area (Å²) in [5.74, 6) is 0. The van der Waals surface area contributed by atoms with Gasteiger partial charge in [0, 0.05) is 0 Å². The van der Waals surface area contributed by atoms with Crippen LogP contribution in [-0.4, -0.2) is 23.6 Å². The summed E-state index contributed by atoms with van der Waals surface area (Å²) in [5.41, 5.74) is 0. The van der Waals surface area contributed by atoms with Gasteiger partial charge in [-0.15, -0.1) is 0 Å². The Labute approximate surface area is 97.9 Å². The minimum absolute atomic E-state index is 0.00817. The zero-order chi connectivity index (χ0) is 10.9. The van der Waals surface area contributed by atoms with Crippen LogP contribution >= 0.6 is 27.3 Å². The van der Waals surface area contributed by atoms with Gasteiger partial charge in [-0.05, 0) is 22.0 Å². The van der Waals surface area contributed by atoms with Gasteiger partial charge in [0.05, 0.1) is 16.2 Å². The summed E-state index contributed by atoms with van der Waals surface area (Å²) in [6.45, 7) is 0. The Kier molecular flexibility index (Phi) is 2.76. The second kappa shape index (κ2) is 3.91. The van der Waals surface area contributed by atoms with Crippen LogP contribution in [0.3, 0.4) is 0 Å². The van der Waals surface area contributed by atoms with Gasteiger partial charge in [0.2, 0.25) is 0 Å². The van der Waals surface area contributed by atoms with E-state index >= 15 is 0 Å². The molecule has 0 aliphatic carbocycles. The average molecular weight is 309 g/mol. The van der Waals surface area contributed by atoms with Crippen LogP contribution < -0.4 is 4.72 Å². The molecule has 15 heavy (non-hydrogen) atoms. The molecule has 0 saturated carbocycles. The van der Waals surface area contributed by atoms with Gasteiger partial charge in [0.1, 0.15) is 0 Å². The molecule has 0 unspecified atom stereocenters. The lowest BCUT2D eigenvalue weighted by Gasteiger charge is -2.00. The second-order valence-corrected chi connectivity index (χ2v) is 6.56. The van der Waals surface area contributed by atoms with Crippen molar-refractivity contribution < 1.29 is 8.42 Å². The number of aromatic amines is 1. The molecule has 0 aliphatic heterocycles. The monoisotopic (exact) mass is 308 g/mol. The number of halogens is 1. The zero-order valence-electron chi connectivity index (χ0n) is 7.14. The first-order chi connectivity index (χ1) is 7.08. The fourth-order valence-electron chi connectivity index (χ4n) is 0.864. The van der Waals surface area contributed by atoms with Gasteiger partial charge in [0.25, 0.3) is 10.0 Å². The zero-order valence-corrected chi connectivity index (χ0v) is 10.4. The summed E-state index contributed by atoms with van der Waals surface area (Å²) in [5, 5.41) is 6.24. The molecule has 0 amide bonds. The van der Waals surface area contributed by atoms with E-state index in [0.717, 1.165) is 3.79 Å². The lowest BCUT2D eigenvalue weighted by atomic mass is 10.8. The molecule has 0 atom stereocenters. The molecule has 2 aromatic heterocycles. The largest absolute Gasteiger partial charge is 0.280 e. The predicted octanol–water partition coefficient (Wildman–Crippen LogP) is 1.43. The summed E-state index contributed by atoms with van der Waals surface area (Å²) < 4.78 is 26.4. The standard InChI is InChI=1S/C6H5BrN4O2S2/c7-4-3-8-6(14-4)11-15(12,13)5-1-2-9-10-5/h1-3H,(H,8,11)(H,9,10). The molecule has 9 heteroatoms. The van der Waals surface area contributed by atoms with Gasteiger partial charge in [0.15, 0.2) is 10.2 Å². The van der Waals surface area contributed by atoms with Crippen LogP contribution in [0.1, 0.15) is 0 Å². The molecule has 0 aromatic carbocycles. The first-order valence-corrected chi connectivity index (χ1v) is 6.81. The Balaban J connectivity index is 2.26. The Bertz CT molecular complexity index is 547. The minimum atomic E-state index is -3.60. The van der Waals surface area contributed by atoms with E-state index < -0.39 is 10.0 Å². The fourth-order valence-corrected chi connectivity index (χ4v) is 3.12. The van der Waals surface area contributed by atoms with Crippen LogP contribution in [0.25, 0.3) is 0 Å². The Morgan fingerprint density at radius 1 is 1.53 bits per heavy atom. The van der Waals surface area contributed by atoms with E-state index in [9.17, 15) is 8.42 Å². The summed E-state index contributed by atoms with van der Waals surface area (Å²) in [7, 11) is -3.60. The molecule has 6 nitrogen and oxygen atoms in total. The average Bonchev–Trinajstić information content (AvgIpc) is 2.75. The normalized spacial score (nSPS) is 11.5. The highest BCUT2D eigenvalue weighted by Crippen LogP contribution is 2.24. The summed E-state index contributed by atoms with van der Waals surface area (Å²) in [4.78, 5) is 3.86. The van der Waals surface area contributed by atoms with Crippen molar-refractivity contribution in [3.05, 3.63) is 22.2 Å². The Morgan fingerprint density at radius 2 is 2.33 bits per heavy atom. The smallest absolute Gasteiger partial charge is 0.266 e. The fraction of sp³-hybridized carbons (Fsp3) is 0. The quantitative estimate of drug-likeness (QED) is 0.898. The molecule has 2 rings (SSSR count). The molecule has 2 heterocycles. The van der Waals surface area contributed by atoms with Crippen molar-refractivity contribution in [2.75, 3.05) is 4.72 Å². The number of thiazole rings is 1. The Morgan fingerprint density at radius 3 is 2.87 bits per heavy atom. The van der Waals surface area contributed by atoms with Crippen LogP contribution in [-0.2, 0) is 10.0 Å². The number of hydrogen-bond acceptors (Lipinski definition) is 5. The highest BCUT2D eigenvalue weighted by molar-refractivity contribution is 9.11. The molecular weight excluding hydrogens is 304 g/mol. The highest BCUT2D eigenvalue weighted by Gasteiger charge is 2.16. The van der Waals surface area contributed by atoms with Crippen molar-refractivity contribution in [3.8, 4) is 0 Å². The van der Waals surface area contributed by atoms with Crippen molar-refractivity contribution in [3.63, 3.8) is 0 Å². The number of nitrogens with zero attached hydrogens (tertiary/aromatic N) is 2. The van der Waals surface area contributed by atoms with Crippen molar-refractivity contribution >= 4 is 42.4 Å². The van der Waals surface area contributed by atoms with Gasteiger partial charge in [-0.1, -0.05) is 11.3 Å². The van der Waals surface area contributed by atoms with Crippen molar-refractivity contribution in [2.45, 2.75) is 5.03 Å². The number of sulfonamides is 1. The third kappa shape index (κ3) is 2.36. The molecule has 80 valence electrons. The maximum Gasteiger partial charge on any atom is 0.280 e. The first-order valence-electron chi connectivity index (χ1n) is 3.71. The summed E-state index contributed by atoms with van der Waals surface area (Å²) >= 11 is 4.38. The first kappa shape index (κ1) is 10.6. The molecule has 0 fully saturated rings. The van der Waals surface area contributed by atoms with E-state index in [0.29, 0.717) is 5.13 Å². The van der Waals surface area contributed by atoms with E-state index in [2.05, 4.69) is 35.8 Å². The topological polar surface area (TPSA) is 87.7 Å². The van der Waals surface area contributed by atoms with E-state index in [-0.39, 0.29) is 5.03 Å². The minimum Gasteiger partial charge on any atom is -0.266 e. The van der Waals surface area contributed by atoms with Crippen molar-refractivity contribution in [2.24, 2.45) is 0 Å². The predicted molar refractivity (Wildman–Crippen MR) is 59.2 cm³/mol. The molecule has 2 N–H and O–H groups in total. The van der Waals surface area contributed by atoms with Gasteiger partial charge in [-0.25, -0.2) is 4.98 Å². The Hall–Kier alpha value is -0.930. The molecule has 0 radical (unpaired) electrons. The lowest BCUT2D eigenvalue weighted by Crippen LogP contribution is -2.13. The van der Waals surface area contributed by atoms with Gasteiger partial charge < -0.3 is 0 Å². The lowest BCUT2D eigenvalue weighted by molar-refractivity contribution is 0.597. The molecular formula is C6H5BrN4O2S2. The van der Waals surface area contributed by atoms with Gasteiger partial charge >= 0.3 is 0 Å².